The van der Waals surface area contributed by atoms with Gasteiger partial charge in [0.15, 0.2) is 0 Å². The van der Waals surface area contributed by atoms with Crippen LogP contribution in [0.5, 0.6) is 0 Å². The predicted octanol–water partition coefficient (Wildman–Crippen LogP) is 1.62. The van der Waals surface area contributed by atoms with Crippen molar-refractivity contribution in [2.24, 2.45) is 5.92 Å². The molecule has 1 fully saturated rings. The number of hydrogen-bond donors (Lipinski definition) is 1. The summed E-state index contributed by atoms with van der Waals surface area (Å²) in [5.41, 5.74) is 6.85. The van der Waals surface area contributed by atoms with Crippen LogP contribution in [0.25, 0.3) is 0 Å². The molecule has 0 bridgehead atoms. The van der Waals surface area contributed by atoms with Gasteiger partial charge >= 0.3 is 0 Å². The first-order valence-electron chi connectivity index (χ1n) is 6.82. The summed E-state index contributed by atoms with van der Waals surface area (Å²) in [6, 6.07) is 5.16. The lowest BCUT2D eigenvalue weighted by atomic mass is 10.0. The normalized spacial score (nSPS) is 17.6. The van der Waals surface area contributed by atoms with Gasteiger partial charge in [-0.3, -0.25) is 0 Å². The second kappa shape index (κ2) is 6.11. The average molecular weight is 298 g/mol. The lowest BCUT2D eigenvalue weighted by Gasteiger charge is -2.27. The zero-order chi connectivity index (χ0) is 14.8. The van der Waals surface area contributed by atoms with Crippen LogP contribution in [-0.2, 0) is 14.8 Å². The van der Waals surface area contributed by atoms with Gasteiger partial charge in [-0.15, -0.1) is 0 Å². The minimum Gasteiger partial charge on any atom is -0.398 e. The molecule has 0 atom stereocenters. The molecule has 2 N–H and O–H groups in total. The monoisotopic (exact) mass is 298 g/mol. The van der Waals surface area contributed by atoms with E-state index in [9.17, 15) is 8.42 Å². The zero-order valence-corrected chi connectivity index (χ0v) is 12.8. The van der Waals surface area contributed by atoms with Crippen molar-refractivity contribution in [1.82, 2.24) is 4.31 Å². The van der Waals surface area contributed by atoms with Gasteiger partial charge in [0, 0.05) is 26.8 Å². The molecule has 5 nitrogen and oxygen atoms in total. The Labute approximate surface area is 120 Å². The molecule has 0 radical (unpaired) electrons. The van der Waals surface area contributed by atoms with Crippen molar-refractivity contribution in [2.75, 3.05) is 32.5 Å². The molecular weight excluding hydrogens is 276 g/mol. The highest BCUT2D eigenvalue weighted by atomic mass is 32.2. The van der Waals surface area contributed by atoms with Gasteiger partial charge < -0.3 is 10.5 Å². The maximum absolute atomic E-state index is 12.7. The van der Waals surface area contributed by atoms with E-state index in [0.29, 0.717) is 36.9 Å². The Bertz CT molecular complexity index is 546. The van der Waals surface area contributed by atoms with E-state index in [0.717, 1.165) is 12.8 Å². The van der Waals surface area contributed by atoms with Crippen LogP contribution in [0.1, 0.15) is 18.4 Å². The van der Waals surface area contributed by atoms with Gasteiger partial charge in [-0.1, -0.05) is 12.1 Å². The van der Waals surface area contributed by atoms with Crippen molar-refractivity contribution in [2.45, 2.75) is 24.7 Å². The van der Waals surface area contributed by atoms with Crippen LogP contribution in [0, 0.1) is 12.8 Å². The first kappa shape index (κ1) is 15.3. The lowest BCUT2D eigenvalue weighted by molar-refractivity contribution is 0.0620. The summed E-state index contributed by atoms with van der Waals surface area (Å²) in [6.45, 7) is 3.71. The number of hydrogen-bond acceptors (Lipinski definition) is 4. The van der Waals surface area contributed by atoms with Crippen molar-refractivity contribution in [3.8, 4) is 0 Å². The fourth-order valence-corrected chi connectivity index (χ4v) is 4.13. The Morgan fingerprint density at radius 2 is 2.00 bits per heavy atom. The third-order valence-corrected chi connectivity index (χ3v) is 5.81. The number of anilines is 1. The Balaban J connectivity index is 2.21. The van der Waals surface area contributed by atoms with Gasteiger partial charge in [-0.25, -0.2) is 12.7 Å². The second-order valence-corrected chi connectivity index (χ2v) is 7.32. The summed E-state index contributed by atoms with van der Waals surface area (Å²) < 4.78 is 32.0. The van der Waals surface area contributed by atoms with E-state index >= 15 is 0 Å². The molecule has 1 heterocycles. The first-order valence-corrected chi connectivity index (χ1v) is 8.26. The summed E-state index contributed by atoms with van der Waals surface area (Å²) in [7, 11) is -1.91. The summed E-state index contributed by atoms with van der Waals surface area (Å²) in [6.07, 6.45) is 1.81. The van der Waals surface area contributed by atoms with E-state index in [1.807, 2.05) is 0 Å². The molecule has 1 saturated heterocycles. The highest BCUT2D eigenvalue weighted by Gasteiger charge is 2.27. The number of nitrogens with two attached hydrogens (primary N) is 1. The smallest absolute Gasteiger partial charge is 0.245 e. The van der Waals surface area contributed by atoms with Crippen LogP contribution >= 0.6 is 0 Å². The van der Waals surface area contributed by atoms with Crippen molar-refractivity contribution in [3.05, 3.63) is 23.8 Å². The van der Waals surface area contributed by atoms with Crippen LogP contribution in [-0.4, -0.2) is 39.5 Å². The van der Waals surface area contributed by atoms with Gasteiger partial charge in [-0.05, 0) is 37.3 Å². The van der Waals surface area contributed by atoms with Crippen LogP contribution in [0.2, 0.25) is 0 Å². The molecule has 6 heteroatoms. The molecule has 0 amide bonds. The minimum atomic E-state index is -3.53. The van der Waals surface area contributed by atoms with Crippen molar-refractivity contribution in [1.29, 1.82) is 0 Å². The summed E-state index contributed by atoms with van der Waals surface area (Å²) in [5, 5.41) is 0. The van der Waals surface area contributed by atoms with Crippen LogP contribution in [0.3, 0.4) is 0 Å². The second-order valence-electron chi connectivity index (χ2n) is 5.33. The van der Waals surface area contributed by atoms with Crippen LogP contribution in [0.15, 0.2) is 23.1 Å². The Kier molecular flexibility index (Phi) is 4.67. The molecule has 1 aliphatic rings. The van der Waals surface area contributed by atoms with Crippen molar-refractivity contribution >= 4 is 15.7 Å². The number of aryl methyl sites for hydroxylation is 1. The first-order chi connectivity index (χ1) is 9.43. The maximum atomic E-state index is 12.7. The van der Waals surface area contributed by atoms with Gasteiger partial charge in [0.05, 0.1) is 5.69 Å². The third kappa shape index (κ3) is 3.13. The molecular formula is C14H22N2O3S. The average Bonchev–Trinajstić information content (AvgIpc) is 2.39. The lowest BCUT2D eigenvalue weighted by Crippen LogP contribution is -2.34. The van der Waals surface area contributed by atoms with Gasteiger partial charge in [0.25, 0.3) is 0 Å². The molecule has 2 rings (SSSR count). The molecule has 1 aromatic carbocycles. The van der Waals surface area contributed by atoms with E-state index in [1.54, 1.807) is 32.2 Å². The fraction of sp³-hybridized carbons (Fsp3) is 0.571. The van der Waals surface area contributed by atoms with E-state index in [-0.39, 0.29) is 4.90 Å². The number of nitrogens with zero attached hydrogens (tertiary/aromatic N) is 1. The number of sulfonamides is 1. The van der Waals surface area contributed by atoms with Gasteiger partial charge in [0.1, 0.15) is 4.90 Å². The molecule has 0 aromatic heterocycles. The SMILES string of the molecule is Cc1cccc(N)c1S(=O)(=O)N(C)CC1CCOCC1. The molecule has 0 unspecified atom stereocenters. The number of nitrogen functional groups attached to an aromatic ring is 1. The summed E-state index contributed by atoms with van der Waals surface area (Å²) in [5.74, 6) is 0.355. The standard InChI is InChI=1S/C14H22N2O3S/c1-11-4-3-5-13(15)14(11)20(17,18)16(2)10-12-6-8-19-9-7-12/h3-5,12H,6-10,15H2,1-2H3. The largest absolute Gasteiger partial charge is 0.398 e. The van der Waals surface area contributed by atoms with Crippen LogP contribution in [0.4, 0.5) is 5.69 Å². The molecule has 0 saturated carbocycles. The highest BCUT2D eigenvalue weighted by Crippen LogP contribution is 2.26. The summed E-state index contributed by atoms with van der Waals surface area (Å²) in [4.78, 5) is 0.231. The summed E-state index contributed by atoms with van der Waals surface area (Å²) >= 11 is 0. The van der Waals surface area contributed by atoms with E-state index in [4.69, 9.17) is 10.5 Å². The Morgan fingerprint density at radius 3 is 2.60 bits per heavy atom. The van der Waals surface area contributed by atoms with Gasteiger partial charge in [-0.2, -0.15) is 0 Å². The van der Waals surface area contributed by atoms with Crippen molar-refractivity contribution in [3.63, 3.8) is 0 Å². The fourth-order valence-electron chi connectivity index (χ4n) is 2.57. The predicted molar refractivity (Wildman–Crippen MR) is 79.0 cm³/mol. The number of ether oxygens (including phenoxy) is 1. The molecule has 112 valence electrons. The van der Waals surface area contributed by atoms with Crippen LogP contribution < -0.4 is 5.73 Å². The number of rotatable bonds is 4. The Morgan fingerprint density at radius 1 is 1.35 bits per heavy atom. The molecule has 20 heavy (non-hydrogen) atoms. The topological polar surface area (TPSA) is 72.6 Å². The maximum Gasteiger partial charge on any atom is 0.245 e. The van der Waals surface area contributed by atoms with E-state index in [2.05, 4.69) is 0 Å². The quantitative estimate of drug-likeness (QED) is 0.857. The molecule has 1 aromatic rings. The van der Waals surface area contributed by atoms with Gasteiger partial charge in [0.2, 0.25) is 10.0 Å². The van der Waals surface area contributed by atoms with E-state index < -0.39 is 10.0 Å². The van der Waals surface area contributed by atoms with Crippen molar-refractivity contribution < 1.29 is 13.2 Å². The zero-order valence-electron chi connectivity index (χ0n) is 12.0. The minimum absolute atomic E-state index is 0.231. The van der Waals surface area contributed by atoms with E-state index in [1.165, 1.54) is 4.31 Å². The molecule has 0 aliphatic carbocycles. The Hall–Kier alpha value is -1.11. The molecule has 0 spiro atoms. The number of benzene rings is 1. The molecule has 1 aliphatic heterocycles. The highest BCUT2D eigenvalue weighted by molar-refractivity contribution is 7.89. The third-order valence-electron chi connectivity index (χ3n) is 3.77.